The molecule has 138 valence electrons. The van der Waals surface area contributed by atoms with E-state index in [0.717, 1.165) is 5.56 Å². The molecule has 2 aromatic rings. The van der Waals surface area contributed by atoms with Gasteiger partial charge in [0, 0.05) is 11.4 Å². The van der Waals surface area contributed by atoms with E-state index >= 15 is 0 Å². The second-order valence-corrected chi connectivity index (χ2v) is 7.59. The molecule has 1 atom stereocenters. The zero-order valence-electron chi connectivity index (χ0n) is 13.6. The highest BCUT2D eigenvalue weighted by Gasteiger charge is 2.30. The molecule has 0 radical (unpaired) electrons. The molecule has 1 aliphatic heterocycles. The van der Waals surface area contributed by atoms with Gasteiger partial charge in [0.15, 0.2) is 6.10 Å². The molecule has 9 heteroatoms. The maximum absolute atomic E-state index is 12.0. The smallest absolute Gasteiger partial charge is 0.347 e. The van der Waals surface area contributed by atoms with Crippen LogP contribution in [0.15, 0.2) is 47.4 Å². The molecular formula is C17H16ClNO6S. The summed E-state index contributed by atoms with van der Waals surface area (Å²) in [6, 6.07) is 10.8. The normalized spacial score (nSPS) is 15.8. The molecule has 0 saturated carbocycles. The van der Waals surface area contributed by atoms with E-state index in [-0.39, 0.29) is 18.1 Å². The summed E-state index contributed by atoms with van der Waals surface area (Å²) < 4.78 is 38.4. The summed E-state index contributed by atoms with van der Waals surface area (Å²) >= 11 is 5.92. The zero-order valence-corrected chi connectivity index (χ0v) is 15.1. The Hall–Kier alpha value is -2.29. The largest absolute Gasteiger partial charge is 0.490 e. The molecule has 0 fully saturated rings. The minimum atomic E-state index is -3.74. The van der Waals surface area contributed by atoms with Crippen LogP contribution in [-0.4, -0.2) is 33.7 Å². The number of sulfonamides is 1. The van der Waals surface area contributed by atoms with Crippen molar-refractivity contribution in [1.82, 2.24) is 0 Å². The van der Waals surface area contributed by atoms with E-state index in [4.69, 9.17) is 31.0 Å². The molecule has 0 bridgehead atoms. The predicted octanol–water partition coefficient (Wildman–Crippen LogP) is 1.91. The summed E-state index contributed by atoms with van der Waals surface area (Å²) in [5.41, 5.74) is 0.866. The van der Waals surface area contributed by atoms with Crippen molar-refractivity contribution in [3.63, 3.8) is 0 Å². The molecule has 7 nitrogen and oxygen atoms in total. The van der Waals surface area contributed by atoms with Crippen molar-refractivity contribution in [3.05, 3.63) is 53.1 Å². The molecule has 0 spiro atoms. The van der Waals surface area contributed by atoms with Crippen LogP contribution in [0.1, 0.15) is 5.56 Å². The third-order valence-corrected chi connectivity index (χ3v) is 4.87. The summed E-state index contributed by atoms with van der Waals surface area (Å²) in [5.74, 6) is 0.584. The Bertz CT molecular complexity index is 913. The summed E-state index contributed by atoms with van der Waals surface area (Å²) in [6.45, 7) is 0.151. The fourth-order valence-corrected chi connectivity index (χ4v) is 3.18. The van der Waals surface area contributed by atoms with E-state index in [1.165, 1.54) is 24.3 Å². The van der Waals surface area contributed by atoms with Crippen molar-refractivity contribution in [2.24, 2.45) is 5.14 Å². The average molecular weight is 398 g/mol. The summed E-state index contributed by atoms with van der Waals surface area (Å²) in [7, 11) is -3.74. The van der Waals surface area contributed by atoms with Crippen LogP contribution < -0.4 is 14.6 Å². The fraction of sp³-hybridized carbons (Fsp3) is 0.235. The highest BCUT2D eigenvalue weighted by atomic mass is 35.5. The van der Waals surface area contributed by atoms with Crippen molar-refractivity contribution in [1.29, 1.82) is 0 Å². The molecule has 1 aliphatic rings. The van der Waals surface area contributed by atoms with Crippen molar-refractivity contribution in [3.8, 4) is 11.5 Å². The molecule has 0 amide bonds. The predicted molar refractivity (Wildman–Crippen MR) is 93.8 cm³/mol. The SMILES string of the molecule is NS(=O)(=O)c1ccc(OCCOC(=O)[C@H]2Cc3cc(Cl)ccc3O2)cc1. The van der Waals surface area contributed by atoms with Crippen LogP contribution >= 0.6 is 11.6 Å². The maximum atomic E-state index is 12.0. The van der Waals surface area contributed by atoms with Crippen LogP contribution in [0.2, 0.25) is 5.02 Å². The number of benzene rings is 2. The monoisotopic (exact) mass is 397 g/mol. The Labute approximate surface area is 155 Å². The molecule has 2 N–H and O–H groups in total. The molecule has 1 heterocycles. The first kappa shape index (κ1) is 18.5. The van der Waals surface area contributed by atoms with Crippen molar-refractivity contribution in [2.45, 2.75) is 17.4 Å². The van der Waals surface area contributed by atoms with Crippen molar-refractivity contribution >= 4 is 27.6 Å². The second-order valence-electron chi connectivity index (χ2n) is 5.60. The number of nitrogens with two attached hydrogens (primary N) is 1. The average Bonchev–Trinajstić information content (AvgIpc) is 3.01. The number of fused-ring (bicyclic) bond motifs is 1. The molecule has 3 rings (SSSR count). The van der Waals surface area contributed by atoms with Gasteiger partial charge < -0.3 is 14.2 Å². The summed E-state index contributed by atoms with van der Waals surface area (Å²) in [5, 5.41) is 5.60. The van der Waals surface area contributed by atoms with Crippen LogP contribution in [0.3, 0.4) is 0 Å². The van der Waals surface area contributed by atoms with E-state index in [2.05, 4.69) is 0 Å². The summed E-state index contributed by atoms with van der Waals surface area (Å²) in [6.07, 6.45) is -0.289. The number of esters is 1. The lowest BCUT2D eigenvalue weighted by atomic mass is 10.1. The van der Waals surface area contributed by atoms with Crippen LogP contribution in [0.25, 0.3) is 0 Å². The first-order valence-electron chi connectivity index (χ1n) is 7.70. The van der Waals surface area contributed by atoms with Gasteiger partial charge in [0.2, 0.25) is 10.0 Å². The van der Waals surface area contributed by atoms with Crippen LogP contribution in [-0.2, 0) is 26.0 Å². The molecular weight excluding hydrogens is 382 g/mol. The number of halogens is 1. The number of carbonyl (C=O) groups is 1. The Kier molecular flexibility index (Phi) is 5.36. The zero-order chi connectivity index (χ0) is 18.7. The van der Waals surface area contributed by atoms with Crippen LogP contribution in [0, 0.1) is 0 Å². The first-order chi connectivity index (χ1) is 12.3. The van der Waals surface area contributed by atoms with E-state index < -0.39 is 22.1 Å². The Balaban J connectivity index is 1.43. The number of primary sulfonamides is 1. The quantitative estimate of drug-likeness (QED) is 0.589. The van der Waals surface area contributed by atoms with Gasteiger partial charge in [-0.2, -0.15) is 0 Å². The minimum Gasteiger partial charge on any atom is -0.490 e. The van der Waals surface area contributed by atoms with Gasteiger partial charge in [0.1, 0.15) is 24.7 Å². The van der Waals surface area contributed by atoms with E-state index in [0.29, 0.717) is 22.9 Å². The van der Waals surface area contributed by atoms with Gasteiger partial charge in [-0.05, 0) is 48.0 Å². The Morgan fingerprint density at radius 2 is 1.92 bits per heavy atom. The van der Waals surface area contributed by atoms with Crippen molar-refractivity contribution in [2.75, 3.05) is 13.2 Å². The van der Waals surface area contributed by atoms with Crippen LogP contribution in [0.4, 0.5) is 0 Å². The second kappa shape index (κ2) is 7.53. The number of rotatable bonds is 6. The van der Waals surface area contributed by atoms with Gasteiger partial charge in [-0.15, -0.1) is 0 Å². The van der Waals surface area contributed by atoms with Gasteiger partial charge in [0.05, 0.1) is 4.90 Å². The number of ether oxygens (including phenoxy) is 3. The van der Waals surface area contributed by atoms with Gasteiger partial charge in [-0.1, -0.05) is 11.6 Å². The standard InChI is InChI=1S/C17H16ClNO6S/c18-12-1-6-15-11(9-12)10-16(25-15)17(20)24-8-7-23-13-2-4-14(5-3-13)26(19,21)22/h1-6,9,16H,7-8,10H2,(H2,19,21,22)/t16-/m1/s1. The highest BCUT2D eigenvalue weighted by Crippen LogP contribution is 2.31. The minimum absolute atomic E-state index is 0.00525. The lowest BCUT2D eigenvalue weighted by molar-refractivity contribution is -0.151. The molecule has 0 saturated heterocycles. The number of hydrogen-bond donors (Lipinski definition) is 1. The summed E-state index contributed by atoms with van der Waals surface area (Å²) in [4.78, 5) is 12.0. The maximum Gasteiger partial charge on any atom is 0.347 e. The number of hydrogen-bond acceptors (Lipinski definition) is 6. The van der Waals surface area contributed by atoms with Crippen molar-refractivity contribution < 1.29 is 27.4 Å². The number of carbonyl (C=O) groups excluding carboxylic acids is 1. The lowest BCUT2D eigenvalue weighted by Crippen LogP contribution is -2.28. The highest BCUT2D eigenvalue weighted by molar-refractivity contribution is 7.89. The third kappa shape index (κ3) is 4.46. The lowest BCUT2D eigenvalue weighted by Gasteiger charge is -2.11. The van der Waals surface area contributed by atoms with Gasteiger partial charge in [-0.25, -0.2) is 18.4 Å². The Morgan fingerprint density at radius 3 is 2.62 bits per heavy atom. The third-order valence-electron chi connectivity index (χ3n) is 3.71. The van der Waals surface area contributed by atoms with Gasteiger partial charge in [-0.3, -0.25) is 0 Å². The van der Waals surface area contributed by atoms with Crippen LogP contribution in [0.5, 0.6) is 11.5 Å². The fourth-order valence-electron chi connectivity index (χ4n) is 2.47. The van der Waals surface area contributed by atoms with E-state index in [9.17, 15) is 13.2 Å². The first-order valence-corrected chi connectivity index (χ1v) is 9.63. The molecule has 0 unspecified atom stereocenters. The van der Waals surface area contributed by atoms with E-state index in [1.54, 1.807) is 18.2 Å². The molecule has 2 aromatic carbocycles. The van der Waals surface area contributed by atoms with Gasteiger partial charge >= 0.3 is 5.97 Å². The topological polar surface area (TPSA) is 105 Å². The molecule has 26 heavy (non-hydrogen) atoms. The molecule has 0 aromatic heterocycles. The molecule has 0 aliphatic carbocycles. The van der Waals surface area contributed by atoms with E-state index in [1.807, 2.05) is 0 Å². The Morgan fingerprint density at radius 1 is 1.19 bits per heavy atom. The van der Waals surface area contributed by atoms with Gasteiger partial charge in [0.25, 0.3) is 0 Å².